The van der Waals surface area contributed by atoms with E-state index in [1.165, 1.54) is 12.1 Å². The predicted octanol–water partition coefficient (Wildman–Crippen LogP) is 4.45. The van der Waals surface area contributed by atoms with Crippen molar-refractivity contribution < 1.29 is 13.9 Å². The van der Waals surface area contributed by atoms with Crippen molar-refractivity contribution in [3.8, 4) is 17.0 Å². The number of para-hydroxylation sites is 3. The molecule has 0 saturated carbocycles. The molecule has 0 radical (unpaired) electrons. The second-order valence-electron chi connectivity index (χ2n) is 6.09. The zero-order valence-corrected chi connectivity index (χ0v) is 14.8. The fourth-order valence-corrected chi connectivity index (χ4v) is 2.72. The van der Waals surface area contributed by atoms with Gasteiger partial charge in [0.2, 0.25) is 0 Å². The van der Waals surface area contributed by atoms with Gasteiger partial charge in [0, 0.05) is 5.56 Å². The number of hydrogen-bond donors (Lipinski definition) is 1. The van der Waals surface area contributed by atoms with Gasteiger partial charge in [-0.3, -0.25) is 9.78 Å². The summed E-state index contributed by atoms with van der Waals surface area (Å²) in [5.41, 5.74) is 3.43. The number of ether oxygens (including phenoxy) is 1. The predicted molar refractivity (Wildman–Crippen MR) is 105 cm³/mol. The summed E-state index contributed by atoms with van der Waals surface area (Å²) in [4.78, 5) is 20.9. The molecule has 0 atom stereocenters. The van der Waals surface area contributed by atoms with Crippen molar-refractivity contribution >= 4 is 22.6 Å². The zero-order chi connectivity index (χ0) is 19.3. The normalized spacial score (nSPS) is 10.6. The highest BCUT2D eigenvalue weighted by molar-refractivity contribution is 5.92. The van der Waals surface area contributed by atoms with Gasteiger partial charge < -0.3 is 10.1 Å². The van der Waals surface area contributed by atoms with Crippen LogP contribution in [0.15, 0.2) is 79.0 Å². The topological polar surface area (TPSA) is 64.1 Å². The van der Waals surface area contributed by atoms with E-state index in [9.17, 15) is 9.18 Å². The number of carbonyl (C=O) groups excluding carboxylic acids is 1. The van der Waals surface area contributed by atoms with Crippen molar-refractivity contribution in [2.45, 2.75) is 0 Å². The first-order chi connectivity index (χ1) is 13.7. The largest absolute Gasteiger partial charge is 0.484 e. The molecule has 0 spiro atoms. The van der Waals surface area contributed by atoms with Gasteiger partial charge in [0.05, 0.1) is 28.6 Å². The molecule has 4 rings (SSSR count). The Morgan fingerprint density at radius 3 is 2.43 bits per heavy atom. The lowest BCUT2D eigenvalue weighted by Crippen LogP contribution is -2.20. The van der Waals surface area contributed by atoms with Crippen LogP contribution in [-0.4, -0.2) is 22.5 Å². The number of benzene rings is 3. The van der Waals surface area contributed by atoms with Crippen LogP contribution < -0.4 is 10.1 Å². The molecule has 6 heteroatoms. The minimum Gasteiger partial charge on any atom is -0.484 e. The number of rotatable bonds is 5. The van der Waals surface area contributed by atoms with Gasteiger partial charge in [-0.2, -0.15) is 0 Å². The van der Waals surface area contributed by atoms with Crippen molar-refractivity contribution in [3.05, 3.63) is 84.8 Å². The summed E-state index contributed by atoms with van der Waals surface area (Å²) in [7, 11) is 0. The molecule has 138 valence electrons. The van der Waals surface area contributed by atoms with Crippen molar-refractivity contribution in [1.29, 1.82) is 0 Å². The number of fused-ring (bicyclic) bond motifs is 1. The molecule has 0 aliphatic rings. The van der Waals surface area contributed by atoms with Gasteiger partial charge in [0.15, 0.2) is 6.61 Å². The van der Waals surface area contributed by atoms with Crippen LogP contribution >= 0.6 is 0 Å². The van der Waals surface area contributed by atoms with Gasteiger partial charge in [-0.25, -0.2) is 9.37 Å². The lowest BCUT2D eigenvalue weighted by atomic mass is 10.1. The van der Waals surface area contributed by atoms with Crippen LogP contribution in [0.2, 0.25) is 0 Å². The quantitative estimate of drug-likeness (QED) is 0.561. The molecule has 0 bridgehead atoms. The lowest BCUT2D eigenvalue weighted by Gasteiger charge is -2.09. The third kappa shape index (κ3) is 3.96. The van der Waals surface area contributed by atoms with Crippen LogP contribution in [0.3, 0.4) is 0 Å². The van der Waals surface area contributed by atoms with Crippen LogP contribution in [0.5, 0.6) is 5.75 Å². The van der Waals surface area contributed by atoms with Gasteiger partial charge in [-0.1, -0.05) is 24.3 Å². The van der Waals surface area contributed by atoms with Gasteiger partial charge in [0.25, 0.3) is 5.91 Å². The molecule has 0 unspecified atom stereocenters. The van der Waals surface area contributed by atoms with Crippen molar-refractivity contribution in [2.75, 3.05) is 11.9 Å². The highest BCUT2D eigenvalue weighted by Crippen LogP contribution is 2.22. The second kappa shape index (κ2) is 7.84. The van der Waals surface area contributed by atoms with E-state index in [0.29, 0.717) is 5.75 Å². The number of aromatic nitrogens is 2. The van der Waals surface area contributed by atoms with Crippen LogP contribution in [-0.2, 0) is 4.79 Å². The summed E-state index contributed by atoms with van der Waals surface area (Å²) >= 11 is 0. The molecule has 3 aromatic carbocycles. The fraction of sp³-hybridized carbons (Fsp3) is 0.0455. The molecule has 1 aromatic heterocycles. The Morgan fingerprint density at radius 2 is 1.64 bits per heavy atom. The lowest BCUT2D eigenvalue weighted by molar-refractivity contribution is -0.118. The smallest absolute Gasteiger partial charge is 0.262 e. The van der Waals surface area contributed by atoms with E-state index in [1.54, 1.807) is 30.5 Å². The average molecular weight is 373 g/mol. The Labute approximate surface area is 160 Å². The number of anilines is 1. The summed E-state index contributed by atoms with van der Waals surface area (Å²) in [6.45, 7) is -0.219. The summed E-state index contributed by atoms with van der Waals surface area (Å²) in [5, 5.41) is 2.48. The third-order valence-electron chi connectivity index (χ3n) is 4.12. The summed E-state index contributed by atoms with van der Waals surface area (Å²) in [5.74, 6) is -0.396. The van der Waals surface area contributed by atoms with E-state index in [1.807, 2.05) is 36.4 Å². The van der Waals surface area contributed by atoms with Crippen LogP contribution in [0, 0.1) is 5.82 Å². The van der Waals surface area contributed by atoms with Gasteiger partial charge in [0.1, 0.15) is 11.6 Å². The van der Waals surface area contributed by atoms with Crippen molar-refractivity contribution in [1.82, 2.24) is 9.97 Å². The van der Waals surface area contributed by atoms with E-state index in [-0.39, 0.29) is 12.3 Å². The Hall–Kier alpha value is -3.80. The number of nitrogens with one attached hydrogen (secondary N) is 1. The second-order valence-corrected chi connectivity index (χ2v) is 6.09. The summed E-state index contributed by atoms with van der Waals surface area (Å²) in [6.07, 6.45) is 1.72. The molecule has 5 nitrogen and oxygen atoms in total. The maximum atomic E-state index is 13.5. The maximum Gasteiger partial charge on any atom is 0.262 e. The van der Waals surface area contributed by atoms with Crippen LogP contribution in [0.25, 0.3) is 22.3 Å². The Balaban J connectivity index is 1.40. The molecule has 4 aromatic rings. The summed E-state index contributed by atoms with van der Waals surface area (Å²) < 4.78 is 19.0. The van der Waals surface area contributed by atoms with Gasteiger partial charge >= 0.3 is 0 Å². The van der Waals surface area contributed by atoms with Crippen molar-refractivity contribution in [3.63, 3.8) is 0 Å². The first-order valence-corrected chi connectivity index (χ1v) is 8.68. The highest BCUT2D eigenvalue weighted by atomic mass is 19.1. The molecule has 0 aliphatic heterocycles. The zero-order valence-electron chi connectivity index (χ0n) is 14.8. The number of halogens is 1. The van der Waals surface area contributed by atoms with Crippen LogP contribution in [0.4, 0.5) is 10.1 Å². The van der Waals surface area contributed by atoms with E-state index >= 15 is 0 Å². The number of hydrogen-bond acceptors (Lipinski definition) is 4. The number of amides is 1. The molecule has 1 amide bonds. The molecule has 1 heterocycles. The first kappa shape index (κ1) is 17.6. The molecule has 0 fully saturated rings. The average Bonchev–Trinajstić information content (AvgIpc) is 2.74. The van der Waals surface area contributed by atoms with Crippen LogP contribution in [0.1, 0.15) is 0 Å². The Kier molecular flexibility index (Phi) is 4.93. The monoisotopic (exact) mass is 373 g/mol. The Morgan fingerprint density at radius 1 is 0.929 bits per heavy atom. The highest BCUT2D eigenvalue weighted by Gasteiger charge is 2.08. The van der Waals surface area contributed by atoms with Gasteiger partial charge in [-0.05, 0) is 48.5 Å². The maximum absolute atomic E-state index is 13.5. The number of carbonyl (C=O) groups is 1. The number of nitrogens with zero attached hydrogens (tertiary/aromatic N) is 2. The first-order valence-electron chi connectivity index (χ1n) is 8.68. The SMILES string of the molecule is O=C(COc1ccc(-c2cnc3ccccc3n2)cc1)Nc1ccccc1F. The standard InChI is InChI=1S/C22H16FN3O2/c23-17-5-1-2-6-18(17)26-22(27)14-28-16-11-9-15(10-12-16)21-13-24-19-7-3-4-8-20(19)25-21/h1-13H,14H2,(H,26,27). The summed E-state index contributed by atoms with van der Waals surface area (Å²) in [6, 6.07) is 20.9. The van der Waals surface area contributed by atoms with E-state index in [4.69, 9.17) is 4.74 Å². The Bertz CT molecular complexity index is 1130. The van der Waals surface area contributed by atoms with E-state index < -0.39 is 11.7 Å². The molecule has 0 saturated heterocycles. The fourth-order valence-electron chi connectivity index (χ4n) is 2.72. The molecule has 28 heavy (non-hydrogen) atoms. The van der Waals surface area contributed by atoms with E-state index in [2.05, 4.69) is 15.3 Å². The third-order valence-corrected chi connectivity index (χ3v) is 4.12. The molecule has 1 N–H and O–H groups in total. The minimum atomic E-state index is -0.489. The van der Waals surface area contributed by atoms with Crippen molar-refractivity contribution in [2.24, 2.45) is 0 Å². The van der Waals surface area contributed by atoms with E-state index in [0.717, 1.165) is 22.3 Å². The minimum absolute atomic E-state index is 0.126. The molecular weight excluding hydrogens is 357 g/mol. The van der Waals surface area contributed by atoms with Gasteiger partial charge in [-0.15, -0.1) is 0 Å². The molecular formula is C22H16FN3O2. The molecule has 0 aliphatic carbocycles.